The lowest BCUT2D eigenvalue weighted by Gasteiger charge is -2.31. The first-order valence-corrected chi connectivity index (χ1v) is 9.67. The van der Waals surface area contributed by atoms with Crippen LogP contribution in [0.4, 0.5) is 0 Å². The van der Waals surface area contributed by atoms with Gasteiger partial charge in [0.2, 0.25) is 5.91 Å². The molecule has 29 heavy (non-hydrogen) atoms. The lowest BCUT2D eigenvalue weighted by molar-refractivity contribution is -0.132. The van der Waals surface area contributed by atoms with E-state index in [1.807, 2.05) is 32.0 Å². The molecule has 1 saturated heterocycles. The van der Waals surface area contributed by atoms with Gasteiger partial charge in [0, 0.05) is 68.3 Å². The molecule has 0 atom stereocenters. The highest BCUT2D eigenvalue weighted by Crippen LogP contribution is 2.21. The third kappa shape index (κ3) is 4.28. The third-order valence-electron chi connectivity index (χ3n) is 5.24. The molecule has 1 fully saturated rings. The van der Waals surface area contributed by atoms with E-state index >= 15 is 0 Å². The van der Waals surface area contributed by atoms with Crippen molar-refractivity contribution in [3.63, 3.8) is 0 Å². The molecule has 0 unspecified atom stereocenters. The Balaban J connectivity index is 1.29. The first-order valence-electron chi connectivity index (χ1n) is 9.67. The maximum atomic E-state index is 12.6. The average Bonchev–Trinajstić information content (AvgIpc) is 3.29. The van der Waals surface area contributed by atoms with Crippen molar-refractivity contribution >= 4 is 5.91 Å². The zero-order valence-corrected chi connectivity index (χ0v) is 16.8. The van der Waals surface area contributed by atoms with Crippen molar-refractivity contribution in [1.82, 2.24) is 29.8 Å². The highest BCUT2D eigenvalue weighted by Gasteiger charge is 2.26. The van der Waals surface area contributed by atoms with Gasteiger partial charge in [-0.05, 0) is 13.8 Å². The second-order valence-corrected chi connectivity index (χ2v) is 7.33. The fourth-order valence-corrected chi connectivity index (χ4v) is 3.49. The summed E-state index contributed by atoms with van der Waals surface area (Å²) in [7, 11) is 1.87. The molecule has 4 heterocycles. The van der Waals surface area contributed by atoms with Crippen molar-refractivity contribution in [2.45, 2.75) is 39.2 Å². The average molecular weight is 396 g/mol. The zero-order valence-electron chi connectivity index (χ0n) is 16.8. The Labute approximate surface area is 168 Å². The van der Waals surface area contributed by atoms with E-state index in [1.165, 1.54) is 0 Å². The normalized spacial score (nSPS) is 14.9. The predicted octanol–water partition coefficient (Wildman–Crippen LogP) is 2.09. The van der Waals surface area contributed by atoms with Crippen LogP contribution in [0.5, 0.6) is 6.01 Å². The van der Waals surface area contributed by atoms with E-state index < -0.39 is 0 Å². The quantitative estimate of drug-likeness (QED) is 0.651. The molecule has 9 heteroatoms. The van der Waals surface area contributed by atoms with Crippen LogP contribution >= 0.6 is 0 Å². The lowest BCUT2D eigenvalue weighted by atomic mass is 10.1. The molecule has 9 nitrogen and oxygen atoms in total. The first-order chi connectivity index (χ1) is 14.0. The number of likely N-dealkylation sites (tertiary alicyclic amines) is 1. The van der Waals surface area contributed by atoms with Crippen LogP contribution in [0.3, 0.4) is 0 Å². The summed E-state index contributed by atoms with van der Waals surface area (Å²) in [5, 5.41) is 8.07. The molecule has 0 N–H and O–H groups in total. The summed E-state index contributed by atoms with van der Waals surface area (Å²) < 4.78 is 12.8. The number of rotatable bonds is 5. The Bertz CT molecular complexity index is 967. The van der Waals surface area contributed by atoms with Crippen molar-refractivity contribution in [2.24, 2.45) is 7.05 Å². The minimum atomic E-state index is 0.00218. The van der Waals surface area contributed by atoms with Crippen LogP contribution in [0, 0.1) is 13.8 Å². The van der Waals surface area contributed by atoms with E-state index in [1.54, 1.807) is 23.3 Å². The van der Waals surface area contributed by atoms with Gasteiger partial charge in [-0.15, -0.1) is 0 Å². The molecule has 3 aromatic rings. The van der Waals surface area contributed by atoms with Crippen molar-refractivity contribution in [3.05, 3.63) is 41.8 Å². The molecule has 1 aliphatic heterocycles. The fourth-order valence-electron chi connectivity index (χ4n) is 3.49. The number of ether oxygens (including phenoxy) is 1. The number of carbonyl (C=O) groups excluding carboxylic acids is 1. The van der Waals surface area contributed by atoms with Crippen LogP contribution in [-0.2, 0) is 18.3 Å². The molecule has 0 bridgehead atoms. The number of carbonyl (C=O) groups is 1. The number of hydrogen-bond acceptors (Lipinski definition) is 7. The van der Waals surface area contributed by atoms with Crippen molar-refractivity contribution < 1.29 is 14.1 Å². The summed E-state index contributed by atoms with van der Waals surface area (Å²) >= 11 is 0. The maximum Gasteiger partial charge on any atom is 0.316 e. The first kappa shape index (κ1) is 19.1. The van der Waals surface area contributed by atoms with Crippen LogP contribution in [0.15, 0.2) is 29.3 Å². The zero-order chi connectivity index (χ0) is 20.4. The van der Waals surface area contributed by atoms with Gasteiger partial charge < -0.3 is 14.2 Å². The van der Waals surface area contributed by atoms with Crippen LogP contribution in [0.1, 0.15) is 29.9 Å². The Kier molecular flexibility index (Phi) is 5.28. The molecule has 1 aliphatic rings. The van der Waals surface area contributed by atoms with Crippen molar-refractivity contribution in [1.29, 1.82) is 0 Å². The SMILES string of the molecule is Cc1noc(C)c1CC(=O)N1CCC(Oc2ncc(-c3cnn(C)c3)cn2)CC1. The highest BCUT2D eigenvalue weighted by atomic mass is 16.5. The van der Waals surface area contributed by atoms with E-state index in [9.17, 15) is 4.79 Å². The number of amides is 1. The molecule has 0 spiro atoms. The standard InChI is InChI=1S/C20H24N6O3/c1-13-18(14(2)29-24-13)8-19(27)26-6-4-17(5-7-26)28-20-21-9-15(10-22-20)16-11-23-25(3)12-16/h9-12,17H,4-8H2,1-3H3. The van der Waals surface area contributed by atoms with Gasteiger partial charge in [0.05, 0.1) is 18.3 Å². The van der Waals surface area contributed by atoms with Gasteiger partial charge in [0.15, 0.2) is 0 Å². The topological polar surface area (TPSA) is 99.2 Å². The van der Waals surface area contributed by atoms with Crippen LogP contribution < -0.4 is 4.74 Å². The fraction of sp³-hybridized carbons (Fsp3) is 0.450. The summed E-state index contributed by atoms with van der Waals surface area (Å²) in [6.45, 7) is 5.00. The van der Waals surface area contributed by atoms with Gasteiger partial charge in [-0.3, -0.25) is 9.48 Å². The minimum absolute atomic E-state index is 0.00218. The summed E-state index contributed by atoms with van der Waals surface area (Å²) in [5.74, 6) is 0.802. The van der Waals surface area contributed by atoms with Crippen molar-refractivity contribution in [2.75, 3.05) is 13.1 Å². The van der Waals surface area contributed by atoms with Gasteiger partial charge in [-0.2, -0.15) is 5.10 Å². The molecule has 0 aromatic carbocycles. The molecule has 0 radical (unpaired) electrons. The monoisotopic (exact) mass is 396 g/mol. The number of piperidine rings is 1. The highest BCUT2D eigenvalue weighted by molar-refractivity contribution is 5.79. The van der Waals surface area contributed by atoms with Gasteiger partial charge in [-0.1, -0.05) is 5.16 Å². The molecule has 3 aromatic heterocycles. The smallest absolute Gasteiger partial charge is 0.316 e. The summed E-state index contributed by atoms with van der Waals surface area (Å²) in [5.41, 5.74) is 3.52. The molecule has 1 amide bonds. The van der Waals surface area contributed by atoms with Crippen LogP contribution in [-0.4, -0.2) is 54.9 Å². The maximum absolute atomic E-state index is 12.6. The van der Waals surface area contributed by atoms with E-state index in [0.717, 1.165) is 35.2 Å². The molecular weight excluding hydrogens is 372 g/mol. The van der Waals surface area contributed by atoms with Crippen LogP contribution in [0.25, 0.3) is 11.1 Å². The largest absolute Gasteiger partial charge is 0.460 e. The van der Waals surface area contributed by atoms with Crippen LogP contribution in [0.2, 0.25) is 0 Å². The number of aromatic nitrogens is 5. The van der Waals surface area contributed by atoms with E-state index in [-0.39, 0.29) is 12.0 Å². The number of aryl methyl sites for hydroxylation is 3. The summed E-state index contributed by atoms with van der Waals surface area (Å²) in [6, 6.07) is 0.359. The van der Waals surface area contributed by atoms with Crippen molar-refractivity contribution in [3.8, 4) is 17.1 Å². The van der Waals surface area contributed by atoms with E-state index in [2.05, 4.69) is 20.2 Å². The van der Waals surface area contributed by atoms with Gasteiger partial charge in [-0.25, -0.2) is 9.97 Å². The minimum Gasteiger partial charge on any atom is -0.460 e. The van der Waals surface area contributed by atoms with E-state index in [4.69, 9.17) is 9.26 Å². The van der Waals surface area contributed by atoms with E-state index in [0.29, 0.717) is 31.3 Å². The predicted molar refractivity (Wildman–Crippen MR) is 104 cm³/mol. The van der Waals surface area contributed by atoms with Gasteiger partial charge in [0.1, 0.15) is 11.9 Å². The second-order valence-electron chi connectivity index (χ2n) is 7.33. The third-order valence-corrected chi connectivity index (χ3v) is 5.24. The summed E-state index contributed by atoms with van der Waals surface area (Å²) in [6.07, 6.45) is 8.99. The number of hydrogen-bond donors (Lipinski definition) is 0. The Morgan fingerprint density at radius 2 is 1.90 bits per heavy atom. The number of nitrogens with zero attached hydrogens (tertiary/aromatic N) is 6. The Morgan fingerprint density at radius 3 is 2.48 bits per heavy atom. The molecular formula is C20H24N6O3. The molecule has 0 aliphatic carbocycles. The molecule has 4 rings (SSSR count). The second kappa shape index (κ2) is 8.02. The van der Waals surface area contributed by atoms with Gasteiger partial charge in [0.25, 0.3) is 0 Å². The summed E-state index contributed by atoms with van der Waals surface area (Å²) in [4.78, 5) is 23.1. The Hall–Kier alpha value is -3.23. The molecule has 0 saturated carbocycles. The molecule has 152 valence electrons. The lowest BCUT2D eigenvalue weighted by Crippen LogP contribution is -2.42. The Morgan fingerprint density at radius 1 is 1.17 bits per heavy atom. The van der Waals surface area contributed by atoms with Gasteiger partial charge >= 0.3 is 6.01 Å².